The molecule has 16 heavy (non-hydrogen) atoms. The molecule has 1 aliphatic heterocycles. The molecule has 0 spiro atoms. The lowest BCUT2D eigenvalue weighted by Crippen LogP contribution is -2.28. The van der Waals surface area contributed by atoms with E-state index in [1.54, 1.807) is 0 Å². The quantitative estimate of drug-likeness (QED) is 0.875. The SMILES string of the molecule is CC(C)C(N)Cc1nc(C2CCCS2)no1. The average molecular weight is 241 g/mol. The van der Waals surface area contributed by atoms with Gasteiger partial charge in [-0.2, -0.15) is 16.7 Å². The van der Waals surface area contributed by atoms with E-state index in [-0.39, 0.29) is 6.04 Å². The third kappa shape index (κ3) is 2.77. The maximum absolute atomic E-state index is 5.98. The number of nitrogens with zero attached hydrogens (tertiary/aromatic N) is 2. The molecule has 0 aliphatic carbocycles. The summed E-state index contributed by atoms with van der Waals surface area (Å²) in [5.74, 6) is 3.19. The van der Waals surface area contributed by atoms with Crippen LogP contribution in [0.5, 0.6) is 0 Å². The van der Waals surface area contributed by atoms with Crippen molar-refractivity contribution in [1.29, 1.82) is 0 Å². The van der Waals surface area contributed by atoms with Crippen LogP contribution in [0.15, 0.2) is 4.52 Å². The third-order valence-electron chi connectivity index (χ3n) is 2.97. The Morgan fingerprint density at radius 2 is 2.38 bits per heavy atom. The smallest absolute Gasteiger partial charge is 0.228 e. The zero-order valence-corrected chi connectivity index (χ0v) is 10.7. The number of thioether (sulfide) groups is 1. The van der Waals surface area contributed by atoms with Gasteiger partial charge in [0.25, 0.3) is 0 Å². The first kappa shape index (κ1) is 11.9. The molecule has 4 nitrogen and oxygen atoms in total. The van der Waals surface area contributed by atoms with Crippen LogP contribution in [-0.2, 0) is 6.42 Å². The normalized spacial score (nSPS) is 22.9. The first-order valence-corrected chi connectivity index (χ1v) is 6.91. The lowest BCUT2D eigenvalue weighted by atomic mass is 10.0. The Labute approximate surface area is 100 Å². The molecule has 2 atom stereocenters. The van der Waals surface area contributed by atoms with Gasteiger partial charge < -0.3 is 10.3 Å². The molecule has 2 rings (SSSR count). The lowest BCUT2D eigenvalue weighted by molar-refractivity contribution is 0.349. The average Bonchev–Trinajstić information content (AvgIpc) is 2.85. The standard InChI is InChI=1S/C11H19N3OS/c1-7(2)8(12)6-10-13-11(14-15-10)9-4-3-5-16-9/h7-9H,3-6,12H2,1-2H3. The van der Waals surface area contributed by atoms with Crippen LogP contribution in [0.4, 0.5) is 0 Å². The van der Waals surface area contributed by atoms with E-state index in [4.69, 9.17) is 10.3 Å². The van der Waals surface area contributed by atoms with Crippen molar-refractivity contribution in [2.24, 2.45) is 11.7 Å². The van der Waals surface area contributed by atoms with Crippen LogP contribution in [0, 0.1) is 5.92 Å². The number of hydrogen-bond acceptors (Lipinski definition) is 5. The Kier molecular flexibility index (Phi) is 3.86. The van der Waals surface area contributed by atoms with E-state index in [0.717, 1.165) is 5.82 Å². The second-order valence-electron chi connectivity index (χ2n) is 4.66. The molecular weight excluding hydrogens is 222 g/mol. The Morgan fingerprint density at radius 1 is 1.56 bits per heavy atom. The molecule has 1 saturated heterocycles. The van der Waals surface area contributed by atoms with Crippen LogP contribution in [0.3, 0.4) is 0 Å². The summed E-state index contributed by atoms with van der Waals surface area (Å²) in [6, 6.07) is 0.101. The van der Waals surface area contributed by atoms with Gasteiger partial charge >= 0.3 is 0 Å². The zero-order chi connectivity index (χ0) is 11.5. The fraction of sp³-hybridized carbons (Fsp3) is 0.818. The van der Waals surface area contributed by atoms with Gasteiger partial charge in [0.2, 0.25) is 5.89 Å². The van der Waals surface area contributed by atoms with Crippen molar-refractivity contribution < 1.29 is 4.52 Å². The highest BCUT2D eigenvalue weighted by Gasteiger charge is 2.23. The number of nitrogens with two attached hydrogens (primary N) is 1. The van der Waals surface area contributed by atoms with Gasteiger partial charge in [0, 0.05) is 12.5 Å². The van der Waals surface area contributed by atoms with E-state index in [1.165, 1.54) is 18.6 Å². The summed E-state index contributed by atoms with van der Waals surface area (Å²) < 4.78 is 5.24. The van der Waals surface area contributed by atoms with Crippen molar-refractivity contribution in [3.05, 3.63) is 11.7 Å². The van der Waals surface area contributed by atoms with Crippen LogP contribution in [0.1, 0.15) is 43.7 Å². The minimum absolute atomic E-state index is 0.101. The van der Waals surface area contributed by atoms with Gasteiger partial charge in [-0.3, -0.25) is 0 Å². The maximum Gasteiger partial charge on any atom is 0.228 e. The van der Waals surface area contributed by atoms with Crippen LogP contribution in [0.25, 0.3) is 0 Å². The minimum Gasteiger partial charge on any atom is -0.339 e. The van der Waals surface area contributed by atoms with E-state index < -0.39 is 0 Å². The zero-order valence-electron chi connectivity index (χ0n) is 9.85. The molecule has 5 heteroatoms. The Hall–Kier alpha value is -0.550. The van der Waals surface area contributed by atoms with Gasteiger partial charge in [0.15, 0.2) is 5.82 Å². The van der Waals surface area contributed by atoms with Crippen molar-refractivity contribution in [3.8, 4) is 0 Å². The fourth-order valence-corrected chi connectivity index (χ4v) is 2.90. The highest BCUT2D eigenvalue weighted by atomic mass is 32.2. The molecule has 0 amide bonds. The molecule has 0 bridgehead atoms. The van der Waals surface area contributed by atoms with Crippen molar-refractivity contribution in [2.75, 3.05) is 5.75 Å². The second-order valence-corrected chi connectivity index (χ2v) is 5.97. The Balaban J connectivity index is 1.96. The van der Waals surface area contributed by atoms with E-state index in [9.17, 15) is 0 Å². The first-order chi connectivity index (χ1) is 7.66. The van der Waals surface area contributed by atoms with E-state index >= 15 is 0 Å². The lowest BCUT2D eigenvalue weighted by Gasteiger charge is -2.11. The van der Waals surface area contributed by atoms with Crippen LogP contribution in [-0.4, -0.2) is 21.9 Å². The molecular formula is C11H19N3OS. The van der Waals surface area contributed by atoms with Gasteiger partial charge in [-0.1, -0.05) is 19.0 Å². The third-order valence-corrected chi connectivity index (χ3v) is 4.34. The monoisotopic (exact) mass is 241 g/mol. The van der Waals surface area contributed by atoms with E-state index in [0.29, 0.717) is 23.5 Å². The summed E-state index contributed by atoms with van der Waals surface area (Å²) in [6.45, 7) is 4.21. The molecule has 1 aromatic heterocycles. The predicted octanol–water partition coefficient (Wildman–Crippen LogP) is 2.16. The number of hydrogen-bond donors (Lipinski definition) is 1. The van der Waals surface area contributed by atoms with Crippen LogP contribution in [0.2, 0.25) is 0 Å². The Bertz CT molecular complexity index is 334. The summed E-state index contributed by atoms with van der Waals surface area (Å²) in [5, 5.41) is 4.49. The summed E-state index contributed by atoms with van der Waals surface area (Å²) in [4.78, 5) is 4.44. The summed E-state index contributed by atoms with van der Waals surface area (Å²) in [5.41, 5.74) is 5.98. The Morgan fingerprint density at radius 3 is 3.00 bits per heavy atom. The highest BCUT2D eigenvalue weighted by Crippen LogP contribution is 2.38. The van der Waals surface area contributed by atoms with Crippen molar-refractivity contribution >= 4 is 11.8 Å². The van der Waals surface area contributed by atoms with Crippen molar-refractivity contribution in [2.45, 2.75) is 44.4 Å². The van der Waals surface area contributed by atoms with Crippen LogP contribution >= 0.6 is 11.8 Å². The highest BCUT2D eigenvalue weighted by molar-refractivity contribution is 7.99. The fourth-order valence-electron chi connectivity index (χ4n) is 1.70. The summed E-state index contributed by atoms with van der Waals surface area (Å²) in [6.07, 6.45) is 3.10. The molecule has 2 heterocycles. The molecule has 2 unspecified atom stereocenters. The van der Waals surface area contributed by atoms with E-state index in [1.807, 2.05) is 11.8 Å². The largest absolute Gasteiger partial charge is 0.339 e. The van der Waals surface area contributed by atoms with Gasteiger partial charge in [0.1, 0.15) is 0 Å². The molecule has 0 aromatic carbocycles. The topological polar surface area (TPSA) is 64.9 Å². The maximum atomic E-state index is 5.98. The van der Waals surface area contributed by atoms with Gasteiger partial charge in [-0.25, -0.2) is 0 Å². The van der Waals surface area contributed by atoms with E-state index in [2.05, 4.69) is 24.0 Å². The molecule has 2 N–H and O–H groups in total. The molecule has 0 radical (unpaired) electrons. The molecule has 1 aliphatic rings. The van der Waals surface area contributed by atoms with Gasteiger partial charge in [0.05, 0.1) is 5.25 Å². The van der Waals surface area contributed by atoms with Gasteiger partial charge in [-0.15, -0.1) is 0 Å². The van der Waals surface area contributed by atoms with Crippen molar-refractivity contribution in [1.82, 2.24) is 10.1 Å². The number of aromatic nitrogens is 2. The predicted molar refractivity (Wildman–Crippen MR) is 65.2 cm³/mol. The second kappa shape index (κ2) is 5.19. The van der Waals surface area contributed by atoms with Crippen LogP contribution < -0.4 is 5.73 Å². The summed E-state index contributed by atoms with van der Waals surface area (Å²) >= 11 is 1.92. The minimum atomic E-state index is 0.101. The van der Waals surface area contributed by atoms with Gasteiger partial charge in [-0.05, 0) is 24.5 Å². The van der Waals surface area contributed by atoms with Crippen molar-refractivity contribution in [3.63, 3.8) is 0 Å². The first-order valence-electron chi connectivity index (χ1n) is 5.86. The molecule has 0 saturated carbocycles. The molecule has 90 valence electrons. The summed E-state index contributed by atoms with van der Waals surface area (Å²) in [7, 11) is 0. The molecule has 1 aromatic rings. The molecule has 1 fully saturated rings. The number of rotatable bonds is 4.